The first-order valence-corrected chi connectivity index (χ1v) is 12.1. The first-order chi connectivity index (χ1) is 17.4. The van der Waals surface area contributed by atoms with E-state index < -0.39 is 5.97 Å². The number of esters is 1. The Labute approximate surface area is 210 Å². The Morgan fingerprint density at radius 3 is 2.28 bits per heavy atom. The van der Waals surface area contributed by atoms with E-state index in [1.165, 1.54) is 0 Å². The van der Waals surface area contributed by atoms with E-state index in [4.69, 9.17) is 9.15 Å². The molecule has 2 aromatic carbocycles. The Morgan fingerprint density at radius 2 is 1.67 bits per heavy atom. The lowest BCUT2D eigenvalue weighted by Crippen LogP contribution is -2.32. The molecule has 0 aliphatic heterocycles. The molecule has 1 aliphatic carbocycles. The minimum Gasteiger partial charge on any atom is -0.468 e. The minimum absolute atomic E-state index is 0.0562. The lowest BCUT2D eigenvalue weighted by molar-refractivity contribution is -0.117. The zero-order valence-corrected chi connectivity index (χ0v) is 20.5. The smallest absolute Gasteiger partial charge is 0.338 e. The van der Waals surface area contributed by atoms with Gasteiger partial charge in [0.2, 0.25) is 5.91 Å². The third-order valence-electron chi connectivity index (χ3n) is 5.61. The number of carbonyl (C=O) groups is 3. The Morgan fingerprint density at radius 1 is 0.972 bits per heavy atom. The molecule has 0 spiro atoms. The Balaban J connectivity index is 1.37. The number of benzene rings is 2. The molecule has 0 radical (unpaired) electrons. The van der Waals surface area contributed by atoms with Crippen molar-refractivity contribution < 1.29 is 23.5 Å². The maximum Gasteiger partial charge on any atom is 0.338 e. The predicted octanol–water partition coefficient (Wildman–Crippen LogP) is 4.38. The molecule has 1 heterocycles. The number of rotatable bonds is 11. The summed E-state index contributed by atoms with van der Waals surface area (Å²) in [5.74, 6) is 0.0960. The second kappa shape index (κ2) is 11.7. The van der Waals surface area contributed by atoms with Crippen LogP contribution in [-0.2, 0) is 22.6 Å². The molecule has 36 heavy (non-hydrogen) atoms. The summed E-state index contributed by atoms with van der Waals surface area (Å²) >= 11 is 0. The van der Waals surface area contributed by atoms with Crippen LogP contribution in [0.5, 0.6) is 0 Å². The summed E-state index contributed by atoms with van der Waals surface area (Å²) < 4.78 is 10.7. The molecule has 0 saturated heterocycles. The number of anilines is 1. The Kier molecular flexibility index (Phi) is 8.17. The standard InChI is InChI=1S/C28H31N3O5/c1-19(2)36-28(34)22-9-11-23(12-10-22)29-26(32)18-31(17-25-4-3-15-35-25)16-20-5-7-21(8-6-20)27(33)30-24-13-14-24/h3-12,15,19,24H,13-14,16-18H2,1-2H3,(H,29,32)(H,30,33). The van der Waals surface area contributed by atoms with Crippen molar-refractivity contribution in [2.24, 2.45) is 0 Å². The van der Waals surface area contributed by atoms with Crippen LogP contribution in [0.15, 0.2) is 71.3 Å². The second-order valence-electron chi connectivity index (χ2n) is 9.25. The number of amides is 2. The monoisotopic (exact) mass is 489 g/mol. The van der Waals surface area contributed by atoms with E-state index in [0.717, 1.165) is 24.2 Å². The Hall–Kier alpha value is -3.91. The third kappa shape index (κ3) is 7.55. The SMILES string of the molecule is CC(C)OC(=O)c1ccc(NC(=O)CN(Cc2ccc(C(=O)NC3CC3)cc2)Cc2ccco2)cc1. The van der Waals surface area contributed by atoms with Gasteiger partial charge in [-0.3, -0.25) is 14.5 Å². The molecule has 1 saturated carbocycles. The molecule has 2 amide bonds. The quantitative estimate of drug-likeness (QED) is 0.388. The third-order valence-corrected chi connectivity index (χ3v) is 5.61. The van der Waals surface area contributed by atoms with E-state index in [1.54, 1.807) is 44.4 Å². The summed E-state index contributed by atoms with van der Waals surface area (Å²) in [6, 6.07) is 18.0. The van der Waals surface area contributed by atoms with Gasteiger partial charge in [-0.1, -0.05) is 12.1 Å². The molecule has 8 heteroatoms. The van der Waals surface area contributed by atoms with Crippen LogP contribution in [0.3, 0.4) is 0 Å². The number of ether oxygens (including phenoxy) is 1. The first-order valence-electron chi connectivity index (χ1n) is 12.1. The van der Waals surface area contributed by atoms with Gasteiger partial charge in [0.25, 0.3) is 5.91 Å². The summed E-state index contributed by atoms with van der Waals surface area (Å²) in [6.07, 6.45) is 3.49. The van der Waals surface area contributed by atoms with E-state index >= 15 is 0 Å². The average Bonchev–Trinajstić information content (AvgIpc) is 3.51. The van der Waals surface area contributed by atoms with Gasteiger partial charge >= 0.3 is 5.97 Å². The lowest BCUT2D eigenvalue weighted by Gasteiger charge is -2.21. The Bertz CT molecular complexity index is 1170. The van der Waals surface area contributed by atoms with E-state index in [9.17, 15) is 14.4 Å². The first kappa shape index (κ1) is 25.2. The number of furan rings is 1. The molecular formula is C28H31N3O5. The highest BCUT2D eigenvalue weighted by molar-refractivity contribution is 5.95. The van der Waals surface area contributed by atoms with Gasteiger partial charge in [-0.25, -0.2) is 4.79 Å². The second-order valence-corrected chi connectivity index (χ2v) is 9.25. The molecule has 2 N–H and O–H groups in total. The highest BCUT2D eigenvalue weighted by Gasteiger charge is 2.23. The van der Waals surface area contributed by atoms with Crippen LogP contribution in [0.4, 0.5) is 5.69 Å². The molecule has 188 valence electrons. The van der Waals surface area contributed by atoms with Crippen molar-refractivity contribution in [2.45, 2.75) is 51.9 Å². The van der Waals surface area contributed by atoms with Gasteiger partial charge in [0.1, 0.15) is 5.76 Å². The van der Waals surface area contributed by atoms with Gasteiger partial charge in [-0.2, -0.15) is 0 Å². The molecule has 8 nitrogen and oxygen atoms in total. The van der Waals surface area contributed by atoms with E-state index in [0.29, 0.717) is 35.9 Å². The lowest BCUT2D eigenvalue weighted by atomic mass is 10.1. The highest BCUT2D eigenvalue weighted by atomic mass is 16.5. The van der Waals surface area contributed by atoms with Crippen LogP contribution in [-0.4, -0.2) is 41.4 Å². The maximum absolute atomic E-state index is 12.8. The van der Waals surface area contributed by atoms with Crippen molar-refractivity contribution in [1.82, 2.24) is 10.2 Å². The van der Waals surface area contributed by atoms with Crippen LogP contribution in [0.1, 0.15) is 58.7 Å². The molecular weight excluding hydrogens is 458 g/mol. The van der Waals surface area contributed by atoms with Crippen molar-refractivity contribution in [2.75, 3.05) is 11.9 Å². The van der Waals surface area contributed by atoms with E-state index in [2.05, 4.69) is 10.6 Å². The number of carbonyl (C=O) groups excluding carboxylic acids is 3. The fourth-order valence-electron chi connectivity index (χ4n) is 3.68. The van der Waals surface area contributed by atoms with Gasteiger partial charge in [-0.05, 0) is 80.8 Å². The zero-order valence-electron chi connectivity index (χ0n) is 20.5. The molecule has 1 fully saturated rings. The molecule has 1 aromatic heterocycles. The summed E-state index contributed by atoms with van der Waals surface area (Å²) in [4.78, 5) is 39.1. The highest BCUT2D eigenvalue weighted by Crippen LogP contribution is 2.20. The molecule has 1 aliphatic rings. The largest absolute Gasteiger partial charge is 0.468 e. The average molecular weight is 490 g/mol. The van der Waals surface area contributed by atoms with Gasteiger partial charge in [0.15, 0.2) is 0 Å². The zero-order chi connectivity index (χ0) is 25.5. The number of hydrogen-bond acceptors (Lipinski definition) is 6. The topological polar surface area (TPSA) is 101 Å². The van der Waals surface area contributed by atoms with Crippen molar-refractivity contribution in [3.63, 3.8) is 0 Å². The van der Waals surface area contributed by atoms with Gasteiger partial charge in [0, 0.05) is 23.8 Å². The van der Waals surface area contributed by atoms with Crippen LogP contribution in [0.2, 0.25) is 0 Å². The van der Waals surface area contributed by atoms with Crippen molar-refractivity contribution in [1.29, 1.82) is 0 Å². The maximum atomic E-state index is 12.8. The van der Waals surface area contributed by atoms with Gasteiger partial charge in [-0.15, -0.1) is 0 Å². The number of nitrogens with zero attached hydrogens (tertiary/aromatic N) is 1. The minimum atomic E-state index is -0.400. The summed E-state index contributed by atoms with van der Waals surface area (Å²) in [5.41, 5.74) is 2.62. The summed E-state index contributed by atoms with van der Waals surface area (Å²) in [6.45, 7) is 4.66. The van der Waals surface area contributed by atoms with Crippen LogP contribution >= 0.6 is 0 Å². The van der Waals surface area contributed by atoms with Crippen molar-refractivity contribution >= 4 is 23.5 Å². The van der Waals surface area contributed by atoms with E-state index in [-0.39, 0.29) is 24.5 Å². The van der Waals surface area contributed by atoms with Crippen molar-refractivity contribution in [3.05, 3.63) is 89.4 Å². The van der Waals surface area contributed by atoms with Gasteiger partial charge < -0.3 is 19.8 Å². The predicted molar refractivity (Wildman–Crippen MR) is 135 cm³/mol. The summed E-state index contributed by atoms with van der Waals surface area (Å²) in [5, 5.41) is 5.86. The molecule has 0 atom stereocenters. The normalized spacial score (nSPS) is 13.0. The van der Waals surface area contributed by atoms with Crippen LogP contribution in [0.25, 0.3) is 0 Å². The number of nitrogens with one attached hydrogen (secondary N) is 2. The van der Waals surface area contributed by atoms with Crippen molar-refractivity contribution in [3.8, 4) is 0 Å². The molecule has 0 bridgehead atoms. The molecule has 3 aromatic rings. The van der Waals surface area contributed by atoms with Gasteiger partial charge in [0.05, 0.1) is 31.0 Å². The van der Waals surface area contributed by atoms with Crippen LogP contribution in [0, 0.1) is 0 Å². The molecule has 4 rings (SSSR count). The summed E-state index contributed by atoms with van der Waals surface area (Å²) in [7, 11) is 0. The fraction of sp³-hybridized carbons (Fsp3) is 0.321. The van der Waals surface area contributed by atoms with Crippen LogP contribution < -0.4 is 10.6 Å². The number of hydrogen-bond donors (Lipinski definition) is 2. The fourth-order valence-corrected chi connectivity index (χ4v) is 3.68. The molecule has 0 unspecified atom stereocenters. The van der Waals surface area contributed by atoms with E-state index in [1.807, 2.05) is 41.3 Å².